The average molecular weight is 418 g/mol. The van der Waals surface area contributed by atoms with E-state index in [1.165, 1.54) is 14.0 Å². The highest BCUT2D eigenvalue weighted by Crippen LogP contribution is 2.24. The van der Waals surface area contributed by atoms with Crippen molar-refractivity contribution in [1.29, 1.82) is 0 Å². The number of esters is 1. The molecule has 1 heterocycles. The van der Waals surface area contributed by atoms with Gasteiger partial charge in [0.25, 0.3) is 0 Å². The summed E-state index contributed by atoms with van der Waals surface area (Å²) >= 11 is 0. The van der Waals surface area contributed by atoms with Crippen LogP contribution in [-0.4, -0.2) is 29.8 Å². The highest BCUT2D eigenvalue weighted by molar-refractivity contribution is 6.01. The second kappa shape index (κ2) is 9.43. The fraction of sp³-hybridized carbons (Fsp3) is 0.240. The van der Waals surface area contributed by atoms with E-state index < -0.39 is 5.97 Å². The molecule has 2 N–H and O–H groups in total. The summed E-state index contributed by atoms with van der Waals surface area (Å²) in [6.45, 7) is 5.08. The van der Waals surface area contributed by atoms with E-state index in [4.69, 9.17) is 4.74 Å². The van der Waals surface area contributed by atoms with Crippen molar-refractivity contribution in [3.63, 3.8) is 0 Å². The second-order valence-electron chi connectivity index (χ2n) is 7.52. The summed E-state index contributed by atoms with van der Waals surface area (Å²) in [5.41, 5.74) is 4.41. The Morgan fingerprint density at radius 1 is 0.968 bits per heavy atom. The number of rotatable bonds is 7. The van der Waals surface area contributed by atoms with Crippen LogP contribution < -0.4 is 5.32 Å². The Morgan fingerprint density at radius 3 is 2.16 bits per heavy atom. The minimum Gasteiger partial charge on any atom is -0.465 e. The molecule has 0 radical (unpaired) electrons. The van der Waals surface area contributed by atoms with Gasteiger partial charge in [0.2, 0.25) is 5.91 Å². The Labute approximate surface area is 181 Å². The van der Waals surface area contributed by atoms with E-state index in [0.717, 1.165) is 16.7 Å². The number of carbonyl (C=O) groups is 3. The molecule has 1 unspecified atom stereocenters. The summed E-state index contributed by atoms with van der Waals surface area (Å²) in [6, 6.07) is 17.3. The zero-order valence-electron chi connectivity index (χ0n) is 18.1. The number of nitrogens with one attached hydrogen (secondary N) is 2. The standard InChI is InChI=1S/C25H26N2O4/c1-15-10-12-19(13-11-15)24(18-8-6-5-7-9-18)27-21(29)14-20-22(25(30)31-4)16(2)23(26-20)17(3)28/h5-13,24,26H,14H2,1-4H3,(H,27,29). The summed E-state index contributed by atoms with van der Waals surface area (Å²) < 4.78 is 4.86. The Hall–Kier alpha value is -3.67. The molecule has 2 aromatic carbocycles. The topological polar surface area (TPSA) is 88.3 Å². The third-order valence-electron chi connectivity index (χ3n) is 5.26. The van der Waals surface area contributed by atoms with Crippen LogP contribution in [0, 0.1) is 13.8 Å². The van der Waals surface area contributed by atoms with E-state index >= 15 is 0 Å². The molecule has 1 atom stereocenters. The molecule has 3 rings (SSSR count). The Morgan fingerprint density at radius 2 is 1.58 bits per heavy atom. The lowest BCUT2D eigenvalue weighted by Crippen LogP contribution is -2.31. The lowest BCUT2D eigenvalue weighted by atomic mass is 9.97. The Bertz CT molecular complexity index is 1100. The Balaban J connectivity index is 1.91. The monoisotopic (exact) mass is 418 g/mol. The number of aryl methyl sites for hydroxylation is 1. The number of H-pyrrole nitrogens is 1. The molecule has 0 saturated heterocycles. The number of ketones is 1. The minimum atomic E-state index is -0.581. The molecule has 6 nitrogen and oxygen atoms in total. The molecular weight excluding hydrogens is 392 g/mol. The van der Waals surface area contributed by atoms with Gasteiger partial charge in [-0.1, -0.05) is 60.2 Å². The number of hydrogen-bond donors (Lipinski definition) is 2. The first-order valence-electron chi connectivity index (χ1n) is 10.0. The van der Waals surface area contributed by atoms with Crippen molar-refractivity contribution in [2.24, 2.45) is 0 Å². The number of ether oxygens (including phenoxy) is 1. The van der Waals surface area contributed by atoms with E-state index in [-0.39, 0.29) is 29.7 Å². The van der Waals surface area contributed by atoms with Gasteiger partial charge in [0.05, 0.1) is 30.8 Å². The lowest BCUT2D eigenvalue weighted by Gasteiger charge is -2.20. The largest absolute Gasteiger partial charge is 0.465 e. The lowest BCUT2D eigenvalue weighted by molar-refractivity contribution is -0.121. The molecule has 0 aliphatic heterocycles. The Kier molecular flexibility index (Phi) is 6.70. The van der Waals surface area contributed by atoms with Gasteiger partial charge in [0.15, 0.2) is 5.78 Å². The van der Waals surface area contributed by atoms with Crippen LogP contribution in [0.15, 0.2) is 54.6 Å². The molecule has 31 heavy (non-hydrogen) atoms. The predicted octanol–water partition coefficient (Wildman–Crippen LogP) is 4.07. The normalized spacial score (nSPS) is 11.6. The van der Waals surface area contributed by atoms with Crippen LogP contribution in [0.4, 0.5) is 0 Å². The van der Waals surface area contributed by atoms with Gasteiger partial charge in [0.1, 0.15) is 0 Å². The zero-order valence-corrected chi connectivity index (χ0v) is 18.1. The van der Waals surface area contributed by atoms with Crippen molar-refractivity contribution in [1.82, 2.24) is 10.3 Å². The number of Topliss-reactive ketones (excluding diaryl/α,β-unsaturated/α-hetero) is 1. The molecular formula is C25H26N2O4. The van der Waals surface area contributed by atoms with Crippen molar-refractivity contribution in [3.05, 3.63) is 93.8 Å². The van der Waals surface area contributed by atoms with Crippen molar-refractivity contribution < 1.29 is 19.1 Å². The third kappa shape index (κ3) is 4.91. The van der Waals surface area contributed by atoms with Crippen molar-refractivity contribution >= 4 is 17.7 Å². The van der Waals surface area contributed by atoms with E-state index in [1.807, 2.05) is 61.5 Å². The number of aromatic nitrogens is 1. The SMILES string of the molecule is COC(=O)c1c(CC(=O)NC(c2ccccc2)c2ccc(C)cc2)[nH]c(C(C)=O)c1C. The number of carbonyl (C=O) groups excluding carboxylic acids is 3. The van der Waals surface area contributed by atoms with Gasteiger partial charge in [-0.05, 0) is 30.5 Å². The number of methoxy groups -OCH3 is 1. The molecule has 3 aromatic rings. The van der Waals surface area contributed by atoms with Gasteiger partial charge in [-0.3, -0.25) is 9.59 Å². The third-order valence-corrected chi connectivity index (χ3v) is 5.26. The molecule has 0 fully saturated rings. The first kappa shape index (κ1) is 22.0. The van der Waals surface area contributed by atoms with Crippen LogP contribution in [0.3, 0.4) is 0 Å². The molecule has 1 amide bonds. The molecule has 0 aliphatic carbocycles. The maximum absolute atomic E-state index is 13.0. The van der Waals surface area contributed by atoms with Gasteiger partial charge in [-0.25, -0.2) is 4.79 Å². The van der Waals surface area contributed by atoms with Crippen LogP contribution in [-0.2, 0) is 16.0 Å². The van der Waals surface area contributed by atoms with Crippen LogP contribution in [0.25, 0.3) is 0 Å². The number of amides is 1. The molecule has 160 valence electrons. The zero-order chi connectivity index (χ0) is 22.5. The predicted molar refractivity (Wildman–Crippen MR) is 118 cm³/mol. The van der Waals surface area contributed by atoms with Gasteiger partial charge in [-0.15, -0.1) is 0 Å². The van der Waals surface area contributed by atoms with E-state index in [2.05, 4.69) is 10.3 Å². The summed E-state index contributed by atoms with van der Waals surface area (Å²) in [4.78, 5) is 40.2. The van der Waals surface area contributed by atoms with Crippen molar-refractivity contribution in [2.45, 2.75) is 33.2 Å². The molecule has 6 heteroatoms. The summed E-state index contributed by atoms with van der Waals surface area (Å²) in [5, 5.41) is 3.06. The average Bonchev–Trinajstić information content (AvgIpc) is 3.08. The van der Waals surface area contributed by atoms with Crippen LogP contribution in [0.5, 0.6) is 0 Å². The highest BCUT2D eigenvalue weighted by atomic mass is 16.5. The van der Waals surface area contributed by atoms with E-state index in [1.54, 1.807) is 6.92 Å². The maximum atomic E-state index is 13.0. The second-order valence-corrected chi connectivity index (χ2v) is 7.52. The van der Waals surface area contributed by atoms with Gasteiger partial charge >= 0.3 is 5.97 Å². The summed E-state index contributed by atoms with van der Waals surface area (Å²) in [6.07, 6.45) is -0.0895. The smallest absolute Gasteiger partial charge is 0.339 e. The fourth-order valence-electron chi connectivity index (χ4n) is 3.66. The van der Waals surface area contributed by atoms with Gasteiger partial charge < -0.3 is 15.0 Å². The molecule has 1 aromatic heterocycles. The number of aromatic amines is 1. The van der Waals surface area contributed by atoms with E-state index in [9.17, 15) is 14.4 Å². The number of benzene rings is 2. The van der Waals surface area contributed by atoms with Gasteiger partial charge in [-0.2, -0.15) is 0 Å². The van der Waals surface area contributed by atoms with Crippen molar-refractivity contribution in [3.8, 4) is 0 Å². The molecule has 0 bridgehead atoms. The summed E-state index contributed by atoms with van der Waals surface area (Å²) in [7, 11) is 1.27. The van der Waals surface area contributed by atoms with Crippen LogP contribution >= 0.6 is 0 Å². The first-order chi connectivity index (χ1) is 14.8. The molecule has 0 saturated carbocycles. The fourth-order valence-corrected chi connectivity index (χ4v) is 3.66. The molecule has 0 aliphatic rings. The van der Waals surface area contributed by atoms with Crippen molar-refractivity contribution in [2.75, 3.05) is 7.11 Å². The molecule has 0 spiro atoms. The first-order valence-corrected chi connectivity index (χ1v) is 10.0. The van der Waals surface area contributed by atoms with Gasteiger partial charge in [0, 0.05) is 12.6 Å². The quantitative estimate of drug-likeness (QED) is 0.447. The minimum absolute atomic E-state index is 0.0895. The van der Waals surface area contributed by atoms with Crippen LogP contribution in [0.2, 0.25) is 0 Å². The maximum Gasteiger partial charge on any atom is 0.339 e. The highest BCUT2D eigenvalue weighted by Gasteiger charge is 2.25. The summed E-state index contributed by atoms with van der Waals surface area (Å²) in [5.74, 6) is -1.07. The van der Waals surface area contributed by atoms with E-state index in [0.29, 0.717) is 17.0 Å². The number of hydrogen-bond acceptors (Lipinski definition) is 4. The van der Waals surface area contributed by atoms with Crippen LogP contribution in [0.1, 0.15) is 61.8 Å².